The summed E-state index contributed by atoms with van der Waals surface area (Å²) in [6.45, 7) is 2.49. The SMILES string of the molecule is CCCCNC(=O)N(S)c1ccc(F)cc1F. The van der Waals surface area contributed by atoms with E-state index in [0.717, 1.165) is 29.3 Å². The number of thiol groups is 1. The zero-order chi connectivity index (χ0) is 12.8. The van der Waals surface area contributed by atoms with Gasteiger partial charge in [-0.1, -0.05) is 26.2 Å². The van der Waals surface area contributed by atoms with Gasteiger partial charge >= 0.3 is 6.03 Å². The highest BCUT2D eigenvalue weighted by molar-refractivity contribution is 7.82. The van der Waals surface area contributed by atoms with E-state index in [4.69, 9.17) is 0 Å². The molecule has 0 aromatic heterocycles. The van der Waals surface area contributed by atoms with Crippen LogP contribution < -0.4 is 9.62 Å². The Morgan fingerprint density at radius 3 is 2.76 bits per heavy atom. The van der Waals surface area contributed by atoms with Gasteiger partial charge in [0.05, 0.1) is 5.69 Å². The van der Waals surface area contributed by atoms with Crippen molar-refractivity contribution in [3.05, 3.63) is 29.8 Å². The molecule has 0 bridgehead atoms. The minimum Gasteiger partial charge on any atom is -0.337 e. The van der Waals surface area contributed by atoms with Crippen LogP contribution in [0.4, 0.5) is 19.3 Å². The van der Waals surface area contributed by atoms with Gasteiger partial charge in [0, 0.05) is 12.6 Å². The molecule has 0 aliphatic rings. The van der Waals surface area contributed by atoms with Crippen LogP contribution in [0.1, 0.15) is 19.8 Å². The van der Waals surface area contributed by atoms with E-state index in [9.17, 15) is 13.6 Å². The van der Waals surface area contributed by atoms with Crippen molar-refractivity contribution in [2.75, 3.05) is 10.8 Å². The normalized spacial score (nSPS) is 10.1. The smallest absolute Gasteiger partial charge is 0.332 e. The van der Waals surface area contributed by atoms with Crippen molar-refractivity contribution in [3.63, 3.8) is 0 Å². The molecule has 17 heavy (non-hydrogen) atoms. The minimum absolute atomic E-state index is 0.0799. The van der Waals surface area contributed by atoms with Crippen molar-refractivity contribution >= 4 is 24.5 Å². The second-order valence-electron chi connectivity index (χ2n) is 3.49. The standard InChI is InChI=1S/C11H14F2N2OS/c1-2-3-6-14-11(16)15(17)10-5-4-8(12)7-9(10)13/h4-5,7,17H,2-3,6H2,1H3,(H,14,16). The van der Waals surface area contributed by atoms with Gasteiger partial charge in [0.1, 0.15) is 5.82 Å². The van der Waals surface area contributed by atoms with Crippen LogP contribution in [-0.4, -0.2) is 12.6 Å². The summed E-state index contributed by atoms with van der Waals surface area (Å²) in [6.07, 6.45) is 1.77. The summed E-state index contributed by atoms with van der Waals surface area (Å²) in [5.74, 6) is -1.52. The molecule has 1 N–H and O–H groups in total. The lowest BCUT2D eigenvalue weighted by atomic mass is 10.3. The van der Waals surface area contributed by atoms with Crippen LogP contribution in [0, 0.1) is 11.6 Å². The van der Waals surface area contributed by atoms with Crippen LogP contribution in [-0.2, 0) is 0 Å². The maximum absolute atomic E-state index is 13.3. The lowest BCUT2D eigenvalue weighted by Crippen LogP contribution is -2.35. The summed E-state index contributed by atoms with van der Waals surface area (Å²) in [7, 11) is 0. The molecule has 0 saturated carbocycles. The average molecular weight is 260 g/mol. The highest BCUT2D eigenvalue weighted by Gasteiger charge is 2.15. The van der Waals surface area contributed by atoms with Gasteiger partial charge in [0.15, 0.2) is 5.82 Å². The fraction of sp³-hybridized carbons (Fsp3) is 0.364. The molecule has 0 spiro atoms. The van der Waals surface area contributed by atoms with E-state index in [1.165, 1.54) is 0 Å². The number of carbonyl (C=O) groups is 1. The molecule has 0 unspecified atom stereocenters. The van der Waals surface area contributed by atoms with Crippen molar-refractivity contribution in [2.24, 2.45) is 0 Å². The molecule has 0 aliphatic carbocycles. The van der Waals surface area contributed by atoms with Crippen molar-refractivity contribution in [1.82, 2.24) is 5.32 Å². The molecular formula is C11H14F2N2OS. The third-order valence-corrected chi connectivity index (χ3v) is 2.53. The number of hydrogen-bond acceptors (Lipinski definition) is 2. The Labute approximate surface area is 104 Å². The third-order valence-electron chi connectivity index (χ3n) is 2.14. The molecule has 0 heterocycles. The molecule has 6 heteroatoms. The monoisotopic (exact) mass is 260 g/mol. The number of halogens is 2. The maximum atomic E-state index is 13.3. The van der Waals surface area contributed by atoms with E-state index in [1.807, 2.05) is 6.92 Å². The molecule has 1 aromatic rings. The predicted octanol–water partition coefficient (Wildman–Crippen LogP) is 3.13. The molecule has 2 amide bonds. The highest BCUT2D eigenvalue weighted by atomic mass is 32.1. The summed E-state index contributed by atoms with van der Waals surface area (Å²) in [5, 5.41) is 2.57. The predicted molar refractivity (Wildman–Crippen MR) is 66.1 cm³/mol. The second kappa shape index (κ2) is 6.44. The summed E-state index contributed by atoms with van der Waals surface area (Å²) in [5.41, 5.74) is -0.0799. The van der Waals surface area contributed by atoms with Crippen LogP contribution >= 0.6 is 12.8 Å². The fourth-order valence-corrected chi connectivity index (χ4v) is 1.44. The zero-order valence-electron chi connectivity index (χ0n) is 9.41. The Morgan fingerprint density at radius 2 is 2.18 bits per heavy atom. The van der Waals surface area contributed by atoms with Crippen molar-refractivity contribution in [1.29, 1.82) is 0 Å². The van der Waals surface area contributed by atoms with E-state index in [2.05, 4.69) is 18.1 Å². The number of nitrogens with one attached hydrogen (secondary N) is 1. The molecule has 1 rings (SSSR count). The van der Waals surface area contributed by atoms with Gasteiger partial charge in [0.25, 0.3) is 0 Å². The van der Waals surface area contributed by atoms with Crippen molar-refractivity contribution < 1.29 is 13.6 Å². The molecule has 94 valence electrons. The van der Waals surface area contributed by atoms with E-state index in [-0.39, 0.29) is 5.69 Å². The molecule has 3 nitrogen and oxygen atoms in total. The number of anilines is 1. The summed E-state index contributed by atoms with van der Waals surface area (Å²) < 4.78 is 26.8. The first-order chi connectivity index (χ1) is 8.06. The average Bonchev–Trinajstić information content (AvgIpc) is 2.28. The molecule has 1 aromatic carbocycles. The lowest BCUT2D eigenvalue weighted by Gasteiger charge is -2.17. The van der Waals surface area contributed by atoms with E-state index in [0.29, 0.717) is 12.6 Å². The number of nitrogens with zero attached hydrogens (tertiary/aromatic N) is 1. The maximum Gasteiger partial charge on any atom is 0.332 e. The number of benzene rings is 1. The summed E-state index contributed by atoms with van der Waals surface area (Å²) in [6, 6.07) is 2.41. The number of carbonyl (C=O) groups excluding carboxylic acids is 1. The number of urea groups is 1. The van der Waals surface area contributed by atoms with E-state index in [1.54, 1.807) is 0 Å². The van der Waals surface area contributed by atoms with Crippen molar-refractivity contribution in [3.8, 4) is 0 Å². The van der Waals surface area contributed by atoms with Gasteiger partial charge < -0.3 is 5.32 Å². The molecule has 0 saturated heterocycles. The minimum atomic E-state index is -0.828. The summed E-state index contributed by atoms with van der Waals surface area (Å²) in [4.78, 5) is 11.5. The lowest BCUT2D eigenvalue weighted by molar-refractivity contribution is 0.249. The van der Waals surface area contributed by atoms with Crippen LogP contribution in [0.5, 0.6) is 0 Å². The first kappa shape index (κ1) is 13.8. The fourth-order valence-electron chi connectivity index (χ4n) is 1.21. The van der Waals surface area contributed by atoms with Crippen LogP contribution in [0.3, 0.4) is 0 Å². The van der Waals surface area contributed by atoms with E-state index < -0.39 is 17.7 Å². The Balaban J connectivity index is 2.68. The largest absolute Gasteiger partial charge is 0.337 e. The Hall–Kier alpha value is -1.30. The first-order valence-corrected chi connectivity index (χ1v) is 5.68. The van der Waals surface area contributed by atoms with Gasteiger partial charge in [0.2, 0.25) is 0 Å². The second-order valence-corrected chi connectivity index (χ2v) is 3.89. The zero-order valence-corrected chi connectivity index (χ0v) is 10.3. The van der Waals surface area contributed by atoms with Gasteiger partial charge in [-0.3, -0.25) is 0 Å². The van der Waals surface area contributed by atoms with Gasteiger partial charge in [-0.2, -0.15) is 0 Å². The van der Waals surface area contributed by atoms with Crippen LogP contribution in [0.25, 0.3) is 0 Å². The quantitative estimate of drug-likeness (QED) is 0.632. The van der Waals surface area contributed by atoms with Gasteiger partial charge in [-0.15, -0.1) is 0 Å². The van der Waals surface area contributed by atoms with Gasteiger partial charge in [-0.25, -0.2) is 17.9 Å². The number of amides is 2. The summed E-state index contributed by atoms with van der Waals surface area (Å²) >= 11 is 3.88. The first-order valence-electron chi connectivity index (χ1n) is 5.28. The van der Waals surface area contributed by atoms with E-state index >= 15 is 0 Å². The number of rotatable bonds is 4. The Kier molecular flexibility index (Phi) is 5.21. The third kappa shape index (κ3) is 3.89. The van der Waals surface area contributed by atoms with Crippen LogP contribution in [0.15, 0.2) is 18.2 Å². The highest BCUT2D eigenvalue weighted by Crippen LogP contribution is 2.21. The van der Waals surface area contributed by atoms with Crippen LogP contribution in [0.2, 0.25) is 0 Å². The van der Waals surface area contributed by atoms with Crippen molar-refractivity contribution in [2.45, 2.75) is 19.8 Å². The number of hydrogen-bond donors (Lipinski definition) is 2. The Morgan fingerprint density at radius 1 is 1.47 bits per heavy atom. The molecular weight excluding hydrogens is 246 g/mol. The molecule has 0 atom stereocenters. The Bertz CT molecular complexity index is 401. The molecule has 0 radical (unpaired) electrons. The molecule has 0 aliphatic heterocycles. The molecule has 0 fully saturated rings. The topological polar surface area (TPSA) is 32.3 Å². The van der Waals surface area contributed by atoms with Gasteiger partial charge in [-0.05, 0) is 18.6 Å². The number of unbranched alkanes of at least 4 members (excludes halogenated alkanes) is 1.